The van der Waals surface area contributed by atoms with Crippen molar-refractivity contribution in [1.29, 1.82) is 0 Å². The van der Waals surface area contributed by atoms with Crippen molar-refractivity contribution in [3.63, 3.8) is 0 Å². The maximum Gasteiger partial charge on any atom is 0.410 e. The molecule has 0 spiro atoms. The molecule has 22 heavy (non-hydrogen) atoms. The van der Waals surface area contributed by atoms with E-state index < -0.39 is 5.60 Å². The predicted octanol–water partition coefficient (Wildman–Crippen LogP) is 4.76. The van der Waals surface area contributed by atoms with Gasteiger partial charge in [0.15, 0.2) is 0 Å². The number of unbranched alkanes of at least 4 members (excludes halogenated alkanes) is 3. The molecule has 1 amide bonds. The molecule has 1 rings (SSSR count). The molecule has 0 saturated carbocycles. The highest BCUT2D eigenvalue weighted by Crippen LogP contribution is 2.29. The largest absolute Gasteiger partial charge is 0.444 e. The third kappa shape index (κ3) is 6.55. The van der Waals surface area contributed by atoms with E-state index in [9.17, 15) is 4.79 Å². The molecule has 0 radical (unpaired) electrons. The van der Waals surface area contributed by atoms with Gasteiger partial charge in [-0.3, -0.25) is 0 Å². The number of amides is 1. The van der Waals surface area contributed by atoms with Crippen molar-refractivity contribution in [3.05, 3.63) is 0 Å². The first-order valence-corrected chi connectivity index (χ1v) is 8.94. The fraction of sp³-hybridized carbons (Fsp3) is 0.944. The minimum atomic E-state index is -0.440. The SMILES string of the molecule is CCCCCCOC1(CC)CCCN(C(=O)OC(C)(C)C)C1. The van der Waals surface area contributed by atoms with Gasteiger partial charge < -0.3 is 14.4 Å². The van der Waals surface area contributed by atoms with Crippen LogP contribution in [0, 0.1) is 0 Å². The molecule has 4 heteroatoms. The molecule has 130 valence electrons. The van der Waals surface area contributed by atoms with Gasteiger partial charge in [0.05, 0.1) is 12.1 Å². The van der Waals surface area contributed by atoms with Gasteiger partial charge in [-0.15, -0.1) is 0 Å². The van der Waals surface area contributed by atoms with Crippen LogP contribution in [0.2, 0.25) is 0 Å². The number of nitrogens with zero attached hydrogens (tertiary/aromatic N) is 1. The van der Waals surface area contributed by atoms with Crippen LogP contribution in [-0.2, 0) is 9.47 Å². The third-order valence-corrected chi connectivity index (χ3v) is 4.24. The van der Waals surface area contributed by atoms with E-state index in [2.05, 4.69) is 13.8 Å². The molecule has 0 aliphatic carbocycles. The number of hydrogen-bond acceptors (Lipinski definition) is 3. The van der Waals surface area contributed by atoms with E-state index >= 15 is 0 Å². The minimum absolute atomic E-state index is 0.179. The van der Waals surface area contributed by atoms with Crippen LogP contribution < -0.4 is 0 Å². The molecule has 0 aromatic heterocycles. The summed E-state index contributed by atoms with van der Waals surface area (Å²) in [6.45, 7) is 12.3. The summed E-state index contributed by atoms with van der Waals surface area (Å²) in [6, 6.07) is 0. The van der Waals surface area contributed by atoms with Gasteiger partial charge in [-0.2, -0.15) is 0 Å². The number of ether oxygens (including phenoxy) is 2. The lowest BCUT2D eigenvalue weighted by Gasteiger charge is -2.42. The molecule has 1 unspecified atom stereocenters. The molecule has 4 nitrogen and oxygen atoms in total. The van der Waals surface area contributed by atoms with Gasteiger partial charge in [-0.1, -0.05) is 33.1 Å². The van der Waals surface area contributed by atoms with Crippen LogP contribution in [0.4, 0.5) is 4.79 Å². The number of piperidine rings is 1. The fourth-order valence-corrected chi connectivity index (χ4v) is 2.91. The Hall–Kier alpha value is -0.770. The molecule has 1 heterocycles. The van der Waals surface area contributed by atoms with Crippen LogP contribution in [0.25, 0.3) is 0 Å². The molecular formula is C18H35NO3. The van der Waals surface area contributed by atoms with Crippen molar-refractivity contribution >= 4 is 6.09 Å². The highest BCUT2D eigenvalue weighted by Gasteiger charge is 2.37. The Bertz CT molecular complexity index is 338. The Labute approximate surface area is 136 Å². The molecule has 0 N–H and O–H groups in total. The van der Waals surface area contributed by atoms with Crippen molar-refractivity contribution in [2.75, 3.05) is 19.7 Å². The first-order valence-electron chi connectivity index (χ1n) is 8.94. The minimum Gasteiger partial charge on any atom is -0.444 e. The summed E-state index contributed by atoms with van der Waals surface area (Å²) in [6.07, 6.45) is 7.62. The normalized spacial score (nSPS) is 22.7. The van der Waals surface area contributed by atoms with Crippen molar-refractivity contribution in [2.45, 2.75) is 90.8 Å². The van der Waals surface area contributed by atoms with Gasteiger partial charge in [0.25, 0.3) is 0 Å². The zero-order valence-corrected chi connectivity index (χ0v) is 15.2. The Morgan fingerprint density at radius 2 is 1.91 bits per heavy atom. The summed E-state index contributed by atoms with van der Waals surface area (Å²) in [7, 11) is 0. The van der Waals surface area contributed by atoms with Gasteiger partial charge in [0, 0.05) is 13.2 Å². The van der Waals surface area contributed by atoms with Crippen molar-refractivity contribution < 1.29 is 14.3 Å². The Morgan fingerprint density at radius 3 is 2.50 bits per heavy atom. The number of carbonyl (C=O) groups excluding carboxylic acids is 1. The van der Waals surface area contributed by atoms with E-state index in [0.29, 0.717) is 6.54 Å². The van der Waals surface area contributed by atoms with Crippen LogP contribution in [0.3, 0.4) is 0 Å². The van der Waals surface area contributed by atoms with E-state index in [1.54, 1.807) is 0 Å². The number of carbonyl (C=O) groups is 1. The molecule has 0 aromatic carbocycles. The van der Waals surface area contributed by atoms with E-state index in [1.165, 1.54) is 19.3 Å². The summed E-state index contributed by atoms with van der Waals surface area (Å²) >= 11 is 0. The summed E-state index contributed by atoms with van der Waals surface area (Å²) in [5.74, 6) is 0. The smallest absolute Gasteiger partial charge is 0.410 e. The summed E-state index contributed by atoms with van der Waals surface area (Å²) in [5, 5.41) is 0. The summed E-state index contributed by atoms with van der Waals surface area (Å²) < 4.78 is 11.7. The molecule has 1 saturated heterocycles. The Morgan fingerprint density at radius 1 is 1.18 bits per heavy atom. The summed E-state index contributed by atoms with van der Waals surface area (Å²) in [5.41, 5.74) is -0.619. The second-order valence-corrected chi connectivity index (χ2v) is 7.45. The zero-order chi connectivity index (χ0) is 16.6. The van der Waals surface area contributed by atoms with Crippen LogP contribution in [0.15, 0.2) is 0 Å². The lowest BCUT2D eigenvalue weighted by atomic mass is 9.90. The third-order valence-electron chi connectivity index (χ3n) is 4.24. The highest BCUT2D eigenvalue weighted by molar-refractivity contribution is 5.68. The number of likely N-dealkylation sites (tertiary alicyclic amines) is 1. The van der Waals surface area contributed by atoms with Gasteiger partial charge in [-0.05, 0) is 46.5 Å². The van der Waals surface area contributed by atoms with Gasteiger partial charge in [0.1, 0.15) is 5.60 Å². The average molecular weight is 313 g/mol. The van der Waals surface area contributed by atoms with E-state index in [-0.39, 0.29) is 11.7 Å². The lowest BCUT2D eigenvalue weighted by molar-refractivity contribution is -0.0941. The maximum atomic E-state index is 12.3. The van der Waals surface area contributed by atoms with Crippen LogP contribution in [-0.4, -0.2) is 41.9 Å². The first kappa shape index (κ1) is 19.3. The summed E-state index contributed by atoms with van der Waals surface area (Å²) in [4.78, 5) is 14.1. The molecule has 0 bridgehead atoms. The predicted molar refractivity (Wildman–Crippen MR) is 90.2 cm³/mol. The standard InChI is InChI=1S/C18H35NO3/c1-6-8-9-10-14-21-18(7-2)12-11-13-19(15-18)16(20)22-17(3,4)5/h6-15H2,1-5H3. The van der Waals surface area contributed by atoms with Gasteiger partial charge in [0.2, 0.25) is 0 Å². The first-order chi connectivity index (χ1) is 10.3. The topological polar surface area (TPSA) is 38.8 Å². The van der Waals surface area contributed by atoms with Crippen LogP contribution in [0.5, 0.6) is 0 Å². The highest BCUT2D eigenvalue weighted by atomic mass is 16.6. The Kier molecular flexibility index (Phi) is 7.67. The van der Waals surface area contributed by atoms with Crippen molar-refractivity contribution in [1.82, 2.24) is 4.90 Å². The second-order valence-electron chi connectivity index (χ2n) is 7.45. The van der Waals surface area contributed by atoms with E-state index in [0.717, 1.165) is 38.8 Å². The number of rotatable bonds is 7. The molecule has 0 aromatic rings. The van der Waals surface area contributed by atoms with E-state index in [1.807, 2.05) is 25.7 Å². The second kappa shape index (κ2) is 8.76. The van der Waals surface area contributed by atoms with E-state index in [4.69, 9.17) is 9.47 Å². The molecule has 1 fully saturated rings. The van der Waals surface area contributed by atoms with Crippen molar-refractivity contribution in [2.24, 2.45) is 0 Å². The van der Waals surface area contributed by atoms with Crippen molar-refractivity contribution in [3.8, 4) is 0 Å². The lowest BCUT2D eigenvalue weighted by Crippen LogP contribution is -2.52. The maximum absolute atomic E-state index is 12.3. The van der Waals surface area contributed by atoms with Crippen LogP contribution in [0.1, 0.15) is 79.6 Å². The van der Waals surface area contributed by atoms with Gasteiger partial charge in [-0.25, -0.2) is 4.79 Å². The molecule has 1 atom stereocenters. The molecule has 1 aliphatic rings. The monoisotopic (exact) mass is 313 g/mol. The zero-order valence-electron chi connectivity index (χ0n) is 15.2. The fourth-order valence-electron chi connectivity index (χ4n) is 2.91. The molecular weight excluding hydrogens is 278 g/mol. The quantitative estimate of drug-likeness (QED) is 0.636. The average Bonchev–Trinajstić information content (AvgIpc) is 2.45. The number of hydrogen-bond donors (Lipinski definition) is 0. The van der Waals surface area contributed by atoms with Crippen LogP contribution >= 0.6 is 0 Å². The molecule has 1 aliphatic heterocycles. The van der Waals surface area contributed by atoms with Gasteiger partial charge >= 0.3 is 6.09 Å². The Balaban J connectivity index is 2.51.